The number of hydrogen-bond donors (Lipinski definition) is 4. The summed E-state index contributed by atoms with van der Waals surface area (Å²) in [5.41, 5.74) is 26.3. The minimum absolute atomic E-state index is 0.0517. The van der Waals surface area contributed by atoms with Crippen LogP contribution in [0, 0.1) is 20.2 Å². The Balaban J connectivity index is 0.000000563. The van der Waals surface area contributed by atoms with Crippen molar-refractivity contribution in [1.29, 1.82) is 0 Å². The van der Waals surface area contributed by atoms with Gasteiger partial charge in [-0.2, -0.15) is 0 Å². The number of benzene rings is 4. The SMILES string of the molecule is CCOC(CCCN(CCC(=O)OCCN(CC)c1ccc(N)cc1)CCC(=O)OCCN(CC)c1ccc(N)cc1)OCC.Nc1ccc([N+](=O)[O-])cc1Cl.Nc1ccc([N+](=O)[O-])cc1Cl. The third-order valence-electron chi connectivity index (χ3n) is 9.80. The third kappa shape index (κ3) is 22.8. The normalized spacial score (nSPS) is 10.6. The Labute approximate surface area is 402 Å². The Hall–Kier alpha value is -6.12. The number of nitrogen functional groups attached to an aromatic ring is 4. The van der Waals surface area contributed by atoms with E-state index in [1.807, 2.05) is 62.4 Å². The molecule has 0 atom stereocenters. The van der Waals surface area contributed by atoms with Crippen LogP contribution in [0.1, 0.15) is 53.4 Å². The molecule has 0 aliphatic rings. The summed E-state index contributed by atoms with van der Waals surface area (Å²) in [4.78, 5) is 50.9. The Kier molecular flexibility index (Phi) is 27.0. The zero-order valence-electron chi connectivity index (χ0n) is 38.7. The molecule has 0 saturated heterocycles. The number of halogens is 2. The lowest BCUT2D eigenvalue weighted by Gasteiger charge is -2.25. The third-order valence-corrected chi connectivity index (χ3v) is 10.5. The summed E-state index contributed by atoms with van der Waals surface area (Å²) >= 11 is 11.1. The molecule has 0 bridgehead atoms. The summed E-state index contributed by atoms with van der Waals surface area (Å²) in [6, 6.07) is 23.2. The van der Waals surface area contributed by atoms with Gasteiger partial charge in [0.05, 0.1) is 57.2 Å². The number of likely N-dealkylation sites (N-methyl/N-ethyl adjacent to an activating group) is 2. The lowest BCUT2D eigenvalue weighted by Crippen LogP contribution is -2.33. The van der Waals surface area contributed by atoms with Gasteiger partial charge in [0.15, 0.2) is 6.29 Å². The number of nitrogens with two attached hydrogens (primary N) is 4. The molecule has 0 radical (unpaired) electrons. The summed E-state index contributed by atoms with van der Waals surface area (Å²) in [6.45, 7) is 14.1. The highest BCUT2D eigenvalue weighted by atomic mass is 35.5. The Morgan fingerprint density at radius 2 is 0.985 bits per heavy atom. The molecule has 67 heavy (non-hydrogen) atoms. The van der Waals surface area contributed by atoms with E-state index in [1.54, 1.807) is 0 Å². The molecule has 0 aliphatic heterocycles. The van der Waals surface area contributed by atoms with Gasteiger partial charge in [0.25, 0.3) is 11.4 Å². The number of anilines is 6. The molecule has 0 heterocycles. The highest BCUT2D eigenvalue weighted by molar-refractivity contribution is 6.33. The number of nitro benzene ring substituents is 2. The maximum absolute atomic E-state index is 12.6. The molecule has 0 unspecified atom stereocenters. The van der Waals surface area contributed by atoms with Crippen molar-refractivity contribution < 1.29 is 38.4 Å². The van der Waals surface area contributed by atoms with Crippen molar-refractivity contribution in [3.63, 3.8) is 0 Å². The van der Waals surface area contributed by atoms with Gasteiger partial charge in [-0.1, -0.05) is 23.2 Å². The van der Waals surface area contributed by atoms with Crippen molar-refractivity contribution in [3.05, 3.63) is 115 Å². The molecule has 0 saturated carbocycles. The van der Waals surface area contributed by atoms with Crippen molar-refractivity contribution >= 4 is 80.6 Å². The van der Waals surface area contributed by atoms with Gasteiger partial charge in [0.2, 0.25) is 0 Å². The molecular formula is C46H65Cl2N9O10. The number of nitro groups is 2. The van der Waals surface area contributed by atoms with Crippen molar-refractivity contribution in [2.24, 2.45) is 0 Å². The number of rotatable bonds is 26. The predicted molar refractivity (Wildman–Crippen MR) is 266 cm³/mol. The van der Waals surface area contributed by atoms with Crippen LogP contribution >= 0.6 is 23.2 Å². The molecule has 4 rings (SSSR count). The van der Waals surface area contributed by atoms with E-state index in [9.17, 15) is 29.8 Å². The quantitative estimate of drug-likeness (QED) is 0.0152. The van der Waals surface area contributed by atoms with Crippen molar-refractivity contribution in [3.8, 4) is 0 Å². The smallest absolute Gasteiger partial charge is 0.307 e. The molecule has 368 valence electrons. The van der Waals surface area contributed by atoms with Crippen LogP contribution in [0.5, 0.6) is 0 Å². The van der Waals surface area contributed by atoms with Crippen LogP contribution in [-0.2, 0) is 28.5 Å². The molecule has 0 aliphatic carbocycles. The van der Waals surface area contributed by atoms with Crippen LogP contribution in [-0.4, -0.2) is 105 Å². The summed E-state index contributed by atoms with van der Waals surface area (Å²) in [5, 5.41) is 20.8. The highest BCUT2D eigenvalue weighted by Gasteiger charge is 2.16. The summed E-state index contributed by atoms with van der Waals surface area (Å²) in [7, 11) is 0. The average Bonchev–Trinajstić information content (AvgIpc) is 3.30. The van der Waals surface area contributed by atoms with Gasteiger partial charge in [-0.25, -0.2) is 0 Å². The van der Waals surface area contributed by atoms with Crippen LogP contribution in [0.25, 0.3) is 0 Å². The molecule has 0 amide bonds. The number of hydrogen-bond acceptors (Lipinski definition) is 17. The largest absolute Gasteiger partial charge is 0.464 e. The van der Waals surface area contributed by atoms with E-state index in [4.69, 9.17) is 65.1 Å². The van der Waals surface area contributed by atoms with Gasteiger partial charge in [0, 0.05) is 86.4 Å². The number of carbonyl (C=O) groups is 2. The number of ether oxygens (including phenoxy) is 4. The summed E-state index contributed by atoms with van der Waals surface area (Å²) in [5.74, 6) is -0.528. The number of carbonyl (C=O) groups excluding carboxylic acids is 2. The first-order valence-electron chi connectivity index (χ1n) is 21.9. The highest BCUT2D eigenvalue weighted by Crippen LogP contribution is 2.25. The van der Waals surface area contributed by atoms with Crippen LogP contribution in [0.3, 0.4) is 0 Å². The topological polar surface area (TPSA) is 271 Å². The molecule has 0 aromatic heterocycles. The first-order valence-corrected chi connectivity index (χ1v) is 22.6. The van der Waals surface area contributed by atoms with E-state index >= 15 is 0 Å². The number of non-ortho nitro benzene ring substituents is 2. The zero-order chi connectivity index (χ0) is 49.7. The first kappa shape index (κ1) is 57.0. The lowest BCUT2D eigenvalue weighted by molar-refractivity contribution is -0.385. The predicted octanol–water partition coefficient (Wildman–Crippen LogP) is 8.21. The van der Waals surface area contributed by atoms with Crippen molar-refractivity contribution in [2.45, 2.75) is 59.7 Å². The second-order valence-electron chi connectivity index (χ2n) is 14.5. The van der Waals surface area contributed by atoms with Gasteiger partial charge < -0.3 is 56.6 Å². The van der Waals surface area contributed by atoms with Gasteiger partial charge >= 0.3 is 11.9 Å². The summed E-state index contributed by atoms with van der Waals surface area (Å²) in [6.07, 6.45) is 1.73. The Morgan fingerprint density at radius 1 is 0.597 bits per heavy atom. The number of nitrogens with zero attached hydrogens (tertiary/aromatic N) is 5. The lowest BCUT2D eigenvalue weighted by atomic mass is 10.2. The first-order chi connectivity index (χ1) is 32.0. The Morgan fingerprint density at radius 3 is 1.31 bits per heavy atom. The molecule has 4 aromatic rings. The zero-order valence-corrected chi connectivity index (χ0v) is 40.2. The van der Waals surface area contributed by atoms with Crippen molar-refractivity contribution in [1.82, 2.24) is 4.90 Å². The number of esters is 2. The monoisotopic (exact) mass is 973 g/mol. The van der Waals surface area contributed by atoms with E-state index in [0.717, 1.165) is 37.3 Å². The average molecular weight is 975 g/mol. The van der Waals surface area contributed by atoms with Crippen LogP contribution in [0.15, 0.2) is 84.9 Å². The van der Waals surface area contributed by atoms with E-state index in [2.05, 4.69) is 28.5 Å². The molecule has 8 N–H and O–H groups in total. The van der Waals surface area contributed by atoms with E-state index in [1.165, 1.54) is 36.4 Å². The fraction of sp³-hybridized carbons (Fsp3) is 0.435. The van der Waals surface area contributed by atoms with Gasteiger partial charge in [-0.05, 0) is 108 Å². The van der Waals surface area contributed by atoms with Crippen molar-refractivity contribution in [2.75, 3.05) is 105 Å². The molecule has 0 spiro atoms. The minimum atomic E-state index is -0.522. The second-order valence-corrected chi connectivity index (χ2v) is 15.3. The van der Waals surface area contributed by atoms with Crippen LogP contribution < -0.4 is 32.7 Å². The van der Waals surface area contributed by atoms with Crippen LogP contribution in [0.2, 0.25) is 10.0 Å². The summed E-state index contributed by atoms with van der Waals surface area (Å²) < 4.78 is 22.5. The second kappa shape index (κ2) is 31.7. The molecule has 19 nitrogen and oxygen atoms in total. The minimum Gasteiger partial charge on any atom is -0.464 e. The van der Waals surface area contributed by atoms with Gasteiger partial charge in [-0.3, -0.25) is 29.8 Å². The van der Waals surface area contributed by atoms with Gasteiger partial charge in [-0.15, -0.1) is 0 Å². The molecular weight excluding hydrogens is 909 g/mol. The maximum Gasteiger partial charge on any atom is 0.307 e. The maximum atomic E-state index is 12.6. The Bertz CT molecular complexity index is 1960. The van der Waals surface area contributed by atoms with E-state index < -0.39 is 9.85 Å². The standard InChI is InChI=1S/C34H55N5O6.2C6H5ClN2O2/c1-5-38(30-15-11-28(35)12-16-30)24-26-44-32(40)19-22-37(21-9-10-34(42-7-3)43-8-4)23-20-33(41)45-27-25-39(6-2)31-17-13-29(36)14-18-31;2*7-5-3-4(9(10)11)1-2-6(5)8/h11-18,34H,5-10,19-27,35-36H2,1-4H3;2*1-3H,8H2. The van der Waals surface area contributed by atoms with E-state index in [0.29, 0.717) is 81.9 Å². The van der Waals surface area contributed by atoms with E-state index in [-0.39, 0.29) is 52.5 Å². The van der Waals surface area contributed by atoms with Crippen LogP contribution in [0.4, 0.5) is 45.5 Å². The fourth-order valence-corrected chi connectivity index (χ4v) is 6.50. The molecule has 21 heteroatoms. The van der Waals surface area contributed by atoms with Gasteiger partial charge in [0.1, 0.15) is 13.2 Å². The fourth-order valence-electron chi connectivity index (χ4n) is 6.16. The molecule has 0 fully saturated rings. The molecule has 4 aromatic carbocycles.